The maximum atomic E-state index is 12.2. The number of halogens is 3. The molecule has 2 aromatic carbocycles. The molecule has 0 aliphatic rings. The molecule has 5 rings (SSSR count). The van der Waals surface area contributed by atoms with Crippen LogP contribution in [0.5, 0.6) is 0 Å². The minimum absolute atomic E-state index is 0. The van der Waals surface area contributed by atoms with Gasteiger partial charge in [0.15, 0.2) is 5.82 Å². The molecular weight excluding hydrogens is 638 g/mol. The topological polar surface area (TPSA) is 85.2 Å². The Morgan fingerprint density at radius 3 is 2.23 bits per heavy atom. The molecule has 0 aliphatic heterocycles. The van der Waals surface area contributed by atoms with E-state index in [1.54, 1.807) is 12.1 Å². The number of nitrogens with one attached hydrogen (secondary N) is 1. The molecule has 3 heterocycles. The molecule has 0 saturated heterocycles. The molecule has 0 unspecified atom stereocenters. The summed E-state index contributed by atoms with van der Waals surface area (Å²) in [5.74, 6) is -1.18. The van der Waals surface area contributed by atoms with E-state index < -0.39 is 12.0 Å². The van der Waals surface area contributed by atoms with Crippen LogP contribution in [0, 0.1) is 6.92 Å². The van der Waals surface area contributed by atoms with E-state index >= 15 is 0 Å². The van der Waals surface area contributed by atoms with Gasteiger partial charge in [0, 0.05) is 11.8 Å². The van der Waals surface area contributed by atoms with Gasteiger partial charge in [-0.2, -0.15) is 18.3 Å². The zero-order chi connectivity index (χ0) is 24.0. The average Bonchev–Trinajstić information content (AvgIpc) is 3.51. The van der Waals surface area contributed by atoms with E-state index in [4.69, 9.17) is 0 Å². The molecule has 0 fully saturated rings. The maximum Gasteiger partial charge on any atom is 2.00 e. The van der Waals surface area contributed by atoms with Crippen LogP contribution in [0.25, 0.3) is 22.8 Å². The van der Waals surface area contributed by atoms with Gasteiger partial charge in [-0.1, -0.05) is 65.9 Å². The van der Waals surface area contributed by atoms with E-state index in [-0.39, 0.29) is 26.9 Å². The molecule has 11 heteroatoms. The Balaban J connectivity index is 0.000000192. The van der Waals surface area contributed by atoms with Crippen molar-refractivity contribution in [1.29, 1.82) is 0 Å². The van der Waals surface area contributed by atoms with Gasteiger partial charge in [-0.3, -0.25) is 10.1 Å². The van der Waals surface area contributed by atoms with E-state index in [9.17, 15) is 13.2 Å². The number of benzene rings is 2. The largest absolute Gasteiger partial charge is 2.00 e. The number of rotatable bonds is 4. The van der Waals surface area contributed by atoms with Gasteiger partial charge in [-0.25, -0.2) is 9.67 Å². The Kier molecular flexibility index (Phi) is 8.65. The molecule has 3 aromatic heterocycles. The molecule has 5 aromatic rings. The van der Waals surface area contributed by atoms with Gasteiger partial charge in [0.05, 0.1) is 12.7 Å². The molecule has 1 N–H and O–H groups in total. The molecule has 7 nitrogen and oxygen atoms in total. The van der Waals surface area contributed by atoms with Crippen molar-refractivity contribution < 1.29 is 34.2 Å². The van der Waals surface area contributed by atoms with E-state index in [0.29, 0.717) is 5.69 Å². The second kappa shape index (κ2) is 11.7. The smallest absolute Gasteiger partial charge is 0.255 e. The van der Waals surface area contributed by atoms with Crippen LogP contribution >= 0.6 is 0 Å². The standard InChI is InChI=1S/C15H13N3.C9H7F3N4.Pt/c1-3-7-13(8-4-1)11-18-12-15(16-17-18)14-9-5-2-6-10-14;1-5-2-3-13-6(4-5)7-14-8(16-15-7)9(10,11)12;/h1-10,12H,11H2;2-4H,1H3,(H,14,15,16);/q;;+2. The van der Waals surface area contributed by atoms with Crippen molar-refractivity contribution in [3.05, 3.63) is 102 Å². The average molecular weight is 659 g/mol. The number of aromatic nitrogens is 7. The zero-order valence-electron chi connectivity index (χ0n) is 18.4. The van der Waals surface area contributed by atoms with E-state index in [0.717, 1.165) is 23.4 Å². The number of aryl methyl sites for hydroxylation is 1. The first-order valence-corrected chi connectivity index (χ1v) is 10.3. The predicted molar refractivity (Wildman–Crippen MR) is 120 cm³/mol. The fourth-order valence-electron chi connectivity index (χ4n) is 3.05. The first kappa shape index (κ1) is 26.0. The van der Waals surface area contributed by atoms with Gasteiger partial charge in [0.2, 0.25) is 5.82 Å². The van der Waals surface area contributed by atoms with Crippen molar-refractivity contribution in [3.8, 4) is 22.8 Å². The Hall–Kier alpha value is -3.65. The summed E-state index contributed by atoms with van der Waals surface area (Å²) in [7, 11) is 0. The molecule has 0 saturated carbocycles. The Morgan fingerprint density at radius 1 is 0.914 bits per heavy atom. The first-order chi connectivity index (χ1) is 16.4. The maximum absolute atomic E-state index is 12.2. The Labute approximate surface area is 213 Å². The number of H-pyrrole nitrogens is 1. The molecule has 0 aliphatic carbocycles. The summed E-state index contributed by atoms with van der Waals surface area (Å²) in [4.78, 5) is 7.23. The second-order valence-corrected chi connectivity index (χ2v) is 7.38. The minimum atomic E-state index is -4.52. The van der Waals surface area contributed by atoms with Gasteiger partial charge in [-0.05, 0) is 30.2 Å². The summed E-state index contributed by atoms with van der Waals surface area (Å²) in [5, 5.41) is 13.7. The number of nitrogens with zero attached hydrogens (tertiary/aromatic N) is 6. The predicted octanol–water partition coefficient (Wildman–Crippen LogP) is 5.18. The van der Waals surface area contributed by atoms with Crippen LogP contribution < -0.4 is 0 Å². The van der Waals surface area contributed by atoms with Crippen LogP contribution in [0.3, 0.4) is 0 Å². The van der Waals surface area contributed by atoms with E-state index in [1.165, 1.54) is 11.8 Å². The fraction of sp³-hybridized carbons (Fsp3) is 0.125. The third-order valence-corrected chi connectivity index (χ3v) is 4.69. The van der Waals surface area contributed by atoms with Gasteiger partial charge >= 0.3 is 27.2 Å². The molecule has 0 radical (unpaired) electrons. The number of hydrogen-bond acceptors (Lipinski definition) is 5. The summed E-state index contributed by atoms with van der Waals surface area (Å²) in [5.41, 5.74) is 4.42. The molecule has 0 amide bonds. The van der Waals surface area contributed by atoms with Gasteiger partial charge in [-0.15, -0.1) is 5.10 Å². The van der Waals surface area contributed by atoms with Crippen molar-refractivity contribution in [1.82, 2.24) is 35.2 Å². The Bertz CT molecular complexity index is 1340. The molecule has 0 atom stereocenters. The quantitative estimate of drug-likeness (QED) is 0.288. The zero-order valence-corrected chi connectivity index (χ0v) is 20.7. The minimum Gasteiger partial charge on any atom is -0.255 e. The second-order valence-electron chi connectivity index (χ2n) is 7.38. The van der Waals surface area contributed by atoms with Crippen molar-refractivity contribution in [2.24, 2.45) is 0 Å². The number of hydrogen-bond donors (Lipinski definition) is 1. The van der Waals surface area contributed by atoms with Gasteiger partial charge < -0.3 is 0 Å². The monoisotopic (exact) mass is 658 g/mol. The Morgan fingerprint density at radius 2 is 1.60 bits per heavy atom. The molecule has 180 valence electrons. The first-order valence-electron chi connectivity index (χ1n) is 10.3. The molecule has 0 bridgehead atoms. The molecular formula is C24H20F3N7Pt+2. The fourth-order valence-corrected chi connectivity index (χ4v) is 3.05. The number of pyridine rings is 1. The summed E-state index contributed by atoms with van der Waals surface area (Å²) in [6.07, 6.45) is -1.05. The van der Waals surface area contributed by atoms with Crippen molar-refractivity contribution in [2.75, 3.05) is 0 Å². The summed E-state index contributed by atoms with van der Waals surface area (Å²) in [6.45, 7) is 2.56. The van der Waals surface area contributed by atoms with Crippen molar-refractivity contribution in [2.45, 2.75) is 19.6 Å². The van der Waals surface area contributed by atoms with Crippen LogP contribution in [0.15, 0.2) is 85.2 Å². The SMILES string of the molecule is Cc1ccnc(-c2n[nH]c(C(F)(F)F)n2)c1.[Pt+2].c1ccc(Cn2cc(-c3ccccc3)nn2)cc1. The van der Waals surface area contributed by atoms with Crippen LogP contribution in [-0.4, -0.2) is 35.2 Å². The van der Waals surface area contributed by atoms with Crippen LogP contribution in [0.2, 0.25) is 0 Å². The van der Waals surface area contributed by atoms with Gasteiger partial charge in [0.1, 0.15) is 11.4 Å². The van der Waals surface area contributed by atoms with Crippen LogP contribution in [0.4, 0.5) is 13.2 Å². The number of aromatic amines is 1. The van der Waals surface area contributed by atoms with Crippen LogP contribution in [0.1, 0.15) is 17.0 Å². The summed E-state index contributed by atoms with van der Waals surface area (Å²) >= 11 is 0. The molecule has 0 spiro atoms. The van der Waals surface area contributed by atoms with E-state index in [2.05, 4.69) is 37.5 Å². The van der Waals surface area contributed by atoms with Crippen LogP contribution in [-0.2, 0) is 33.8 Å². The van der Waals surface area contributed by atoms with Crippen molar-refractivity contribution >= 4 is 0 Å². The number of alkyl halides is 3. The normalized spacial score (nSPS) is 10.7. The summed E-state index contributed by atoms with van der Waals surface area (Å²) in [6, 6.07) is 23.7. The summed E-state index contributed by atoms with van der Waals surface area (Å²) < 4.78 is 38.6. The van der Waals surface area contributed by atoms with Crippen molar-refractivity contribution in [3.63, 3.8) is 0 Å². The van der Waals surface area contributed by atoms with E-state index in [1.807, 2.05) is 71.4 Å². The van der Waals surface area contributed by atoms with Gasteiger partial charge in [0.25, 0.3) is 0 Å². The third kappa shape index (κ3) is 7.16. The molecule has 35 heavy (non-hydrogen) atoms. The third-order valence-electron chi connectivity index (χ3n) is 4.69.